The van der Waals surface area contributed by atoms with Crippen LogP contribution in [0.2, 0.25) is 0 Å². The summed E-state index contributed by atoms with van der Waals surface area (Å²) in [4.78, 5) is 49.6. The molecule has 8 nitrogen and oxygen atoms in total. The molecule has 8 heteroatoms. The normalized spacial score (nSPS) is 12.9. The second-order valence-corrected chi connectivity index (χ2v) is 8.04. The Morgan fingerprint density at radius 2 is 1.62 bits per heavy atom. The van der Waals surface area contributed by atoms with Crippen molar-refractivity contribution < 1.29 is 19.2 Å². The van der Waals surface area contributed by atoms with Gasteiger partial charge in [0.2, 0.25) is 17.7 Å². The van der Waals surface area contributed by atoms with E-state index >= 15 is 0 Å². The summed E-state index contributed by atoms with van der Waals surface area (Å²) in [6.07, 6.45) is 0.309. The number of carbonyl (C=O) groups excluding carboxylic acids is 4. The van der Waals surface area contributed by atoms with E-state index in [0.29, 0.717) is 6.42 Å². The van der Waals surface area contributed by atoms with Crippen molar-refractivity contribution in [3.63, 3.8) is 0 Å². The molecule has 150 valence electrons. The van der Waals surface area contributed by atoms with Crippen molar-refractivity contribution >= 4 is 23.5 Å². The van der Waals surface area contributed by atoms with Gasteiger partial charge in [0.25, 0.3) is 0 Å². The van der Waals surface area contributed by atoms with E-state index in [1.807, 2.05) is 13.8 Å². The molecule has 0 aromatic carbocycles. The van der Waals surface area contributed by atoms with Crippen LogP contribution in [0.1, 0.15) is 54.4 Å². The Morgan fingerprint density at radius 1 is 1.08 bits per heavy atom. The SMILES string of the molecule is CC(=O)CC(C(=O)NCCN)N(C)C(=O)C(C)(C)CC(C)(C)NC(C)=O. The largest absolute Gasteiger partial charge is 0.353 e. The number of nitrogens with two attached hydrogens (primary N) is 1. The molecule has 0 saturated heterocycles. The highest BCUT2D eigenvalue weighted by atomic mass is 16.2. The Labute approximate surface area is 156 Å². The molecule has 0 bridgehead atoms. The number of nitrogens with one attached hydrogen (secondary N) is 2. The maximum Gasteiger partial charge on any atom is 0.243 e. The van der Waals surface area contributed by atoms with Crippen molar-refractivity contribution in [1.82, 2.24) is 15.5 Å². The molecule has 0 aliphatic heterocycles. The first-order chi connectivity index (χ1) is 11.7. The number of Topliss-reactive ketones (excluding diaryl/α,β-unsaturated/α-hetero) is 1. The molecular weight excluding hydrogens is 336 g/mol. The monoisotopic (exact) mass is 370 g/mol. The van der Waals surface area contributed by atoms with Crippen LogP contribution in [0.15, 0.2) is 0 Å². The zero-order chi connectivity index (χ0) is 20.7. The third kappa shape index (κ3) is 7.95. The first-order valence-electron chi connectivity index (χ1n) is 8.76. The van der Waals surface area contributed by atoms with Gasteiger partial charge in [-0.05, 0) is 27.2 Å². The average Bonchev–Trinajstić information content (AvgIpc) is 2.45. The Bertz CT molecular complexity index is 543. The number of nitrogens with zero attached hydrogens (tertiary/aromatic N) is 1. The van der Waals surface area contributed by atoms with Gasteiger partial charge in [-0.1, -0.05) is 13.8 Å². The number of carbonyl (C=O) groups is 4. The first-order valence-corrected chi connectivity index (χ1v) is 8.76. The summed E-state index contributed by atoms with van der Waals surface area (Å²) in [7, 11) is 1.52. The van der Waals surface area contributed by atoms with Crippen LogP contribution >= 0.6 is 0 Å². The maximum absolute atomic E-state index is 13.0. The molecule has 0 radical (unpaired) electrons. The van der Waals surface area contributed by atoms with Gasteiger partial charge in [0, 0.05) is 44.4 Å². The van der Waals surface area contributed by atoms with Crippen LogP contribution in [-0.2, 0) is 19.2 Å². The third-order valence-corrected chi connectivity index (χ3v) is 3.99. The lowest BCUT2D eigenvalue weighted by Crippen LogP contribution is -2.54. The lowest BCUT2D eigenvalue weighted by molar-refractivity contribution is -0.148. The fourth-order valence-electron chi connectivity index (χ4n) is 3.31. The van der Waals surface area contributed by atoms with E-state index in [4.69, 9.17) is 5.73 Å². The zero-order valence-electron chi connectivity index (χ0n) is 17.1. The maximum atomic E-state index is 13.0. The van der Waals surface area contributed by atoms with Gasteiger partial charge in [0.1, 0.15) is 11.8 Å². The Kier molecular flexibility index (Phi) is 8.93. The summed E-state index contributed by atoms with van der Waals surface area (Å²) in [5.74, 6) is -1.04. The van der Waals surface area contributed by atoms with Gasteiger partial charge in [-0.25, -0.2) is 0 Å². The molecular formula is C18H34N4O4. The number of ketones is 1. The topological polar surface area (TPSA) is 122 Å². The second kappa shape index (κ2) is 9.66. The molecule has 3 amide bonds. The van der Waals surface area contributed by atoms with E-state index in [1.54, 1.807) is 13.8 Å². The van der Waals surface area contributed by atoms with Crippen LogP contribution in [0, 0.1) is 5.41 Å². The quantitative estimate of drug-likeness (QED) is 0.507. The fraction of sp³-hybridized carbons (Fsp3) is 0.778. The molecule has 0 aromatic rings. The lowest BCUT2D eigenvalue weighted by atomic mass is 9.78. The summed E-state index contributed by atoms with van der Waals surface area (Å²) in [6.45, 7) is 10.5. The minimum absolute atomic E-state index is 0.0657. The van der Waals surface area contributed by atoms with Crippen LogP contribution in [0.3, 0.4) is 0 Å². The molecule has 26 heavy (non-hydrogen) atoms. The molecule has 1 unspecified atom stereocenters. The smallest absolute Gasteiger partial charge is 0.243 e. The van der Waals surface area contributed by atoms with E-state index in [1.165, 1.54) is 25.8 Å². The molecule has 0 fully saturated rings. The predicted octanol–water partition coefficient (Wildman–Crippen LogP) is 0.198. The Morgan fingerprint density at radius 3 is 2.04 bits per heavy atom. The van der Waals surface area contributed by atoms with Gasteiger partial charge in [-0.3, -0.25) is 19.2 Å². The third-order valence-electron chi connectivity index (χ3n) is 3.99. The number of hydrogen-bond acceptors (Lipinski definition) is 5. The second-order valence-electron chi connectivity index (χ2n) is 8.04. The highest BCUT2D eigenvalue weighted by Gasteiger charge is 2.40. The highest BCUT2D eigenvalue weighted by Crippen LogP contribution is 2.30. The van der Waals surface area contributed by atoms with Crippen LogP contribution in [-0.4, -0.2) is 60.1 Å². The zero-order valence-corrected chi connectivity index (χ0v) is 17.1. The summed E-state index contributed by atoms with van der Waals surface area (Å²) >= 11 is 0. The first kappa shape index (κ1) is 24.0. The number of hydrogen-bond donors (Lipinski definition) is 3. The summed E-state index contributed by atoms with van der Waals surface area (Å²) in [5, 5.41) is 5.46. The molecule has 0 aromatic heterocycles. The van der Waals surface area contributed by atoms with Crippen molar-refractivity contribution in [2.45, 2.75) is 66.0 Å². The number of likely N-dealkylation sites (N-methyl/N-ethyl adjacent to an activating group) is 1. The Hall–Kier alpha value is -1.96. The summed E-state index contributed by atoms with van der Waals surface area (Å²) < 4.78 is 0. The van der Waals surface area contributed by atoms with Gasteiger partial charge < -0.3 is 21.3 Å². The number of rotatable bonds is 10. The highest BCUT2D eigenvalue weighted by molar-refractivity contribution is 5.93. The van der Waals surface area contributed by atoms with Crippen molar-refractivity contribution in [3.05, 3.63) is 0 Å². The van der Waals surface area contributed by atoms with Crippen molar-refractivity contribution in [2.24, 2.45) is 11.1 Å². The van der Waals surface area contributed by atoms with Crippen molar-refractivity contribution in [3.8, 4) is 0 Å². The van der Waals surface area contributed by atoms with Crippen molar-refractivity contribution in [2.75, 3.05) is 20.1 Å². The van der Waals surface area contributed by atoms with Gasteiger partial charge >= 0.3 is 0 Å². The molecule has 0 heterocycles. The van der Waals surface area contributed by atoms with E-state index in [2.05, 4.69) is 10.6 Å². The molecule has 0 rings (SSSR count). The predicted molar refractivity (Wildman–Crippen MR) is 100 cm³/mol. The van der Waals surface area contributed by atoms with Gasteiger partial charge in [-0.15, -0.1) is 0 Å². The average molecular weight is 370 g/mol. The number of amides is 3. The van der Waals surface area contributed by atoms with Crippen LogP contribution < -0.4 is 16.4 Å². The Balaban J connectivity index is 5.38. The van der Waals surface area contributed by atoms with Crippen LogP contribution in [0.5, 0.6) is 0 Å². The minimum atomic E-state index is -0.894. The van der Waals surface area contributed by atoms with E-state index in [9.17, 15) is 19.2 Å². The minimum Gasteiger partial charge on any atom is -0.353 e. The summed E-state index contributed by atoms with van der Waals surface area (Å²) in [6, 6.07) is -0.894. The molecule has 0 aliphatic rings. The summed E-state index contributed by atoms with van der Waals surface area (Å²) in [5.41, 5.74) is 3.96. The van der Waals surface area contributed by atoms with Gasteiger partial charge in [-0.2, -0.15) is 0 Å². The van der Waals surface area contributed by atoms with E-state index < -0.39 is 22.9 Å². The molecule has 0 aliphatic carbocycles. The van der Waals surface area contributed by atoms with Crippen molar-refractivity contribution in [1.29, 1.82) is 0 Å². The molecule has 4 N–H and O–H groups in total. The molecule has 1 atom stereocenters. The fourth-order valence-corrected chi connectivity index (χ4v) is 3.31. The van der Waals surface area contributed by atoms with E-state index in [-0.39, 0.29) is 37.1 Å². The van der Waals surface area contributed by atoms with Crippen LogP contribution in [0.25, 0.3) is 0 Å². The van der Waals surface area contributed by atoms with Gasteiger partial charge in [0.15, 0.2) is 0 Å². The molecule has 0 spiro atoms. The molecule has 0 saturated carbocycles. The van der Waals surface area contributed by atoms with Gasteiger partial charge in [0.05, 0.1) is 0 Å². The standard InChI is InChI=1S/C18H34N4O4/c1-12(23)10-14(15(25)20-9-8-19)22(7)16(26)17(3,4)11-18(5,6)21-13(2)24/h14H,8-11,19H2,1-7H3,(H,20,25)(H,21,24). The van der Waals surface area contributed by atoms with E-state index in [0.717, 1.165) is 0 Å². The lowest BCUT2D eigenvalue weighted by Gasteiger charge is -2.38. The van der Waals surface area contributed by atoms with Crippen LogP contribution in [0.4, 0.5) is 0 Å².